The summed E-state index contributed by atoms with van der Waals surface area (Å²) in [6.07, 6.45) is 2.31. The van der Waals surface area contributed by atoms with Crippen molar-refractivity contribution in [3.63, 3.8) is 0 Å². The Hall–Kier alpha value is -0.410. The van der Waals surface area contributed by atoms with E-state index in [1.165, 1.54) is 12.1 Å². The lowest BCUT2D eigenvalue weighted by Gasteiger charge is -2.28. The quantitative estimate of drug-likeness (QED) is 0.862. The van der Waals surface area contributed by atoms with Crippen LogP contribution < -0.4 is 0 Å². The van der Waals surface area contributed by atoms with Crippen LogP contribution in [0.5, 0.6) is 0 Å². The van der Waals surface area contributed by atoms with Crippen LogP contribution in [0.4, 0.5) is 4.39 Å². The number of benzene rings is 1. The minimum absolute atomic E-state index is 0.165. The minimum atomic E-state index is -0.712. The maximum Gasteiger partial charge on any atom is 0.124 e. The van der Waals surface area contributed by atoms with E-state index in [2.05, 4.69) is 36.7 Å². The lowest BCUT2D eigenvalue weighted by molar-refractivity contribution is 0.00440. The molecule has 100 valence electrons. The molecule has 0 saturated heterocycles. The molecule has 0 aliphatic heterocycles. The average molecular weight is 315 g/mol. The largest absolute Gasteiger partial charge is 0.389 e. The third kappa shape index (κ3) is 2.94. The number of halogens is 2. The molecular formula is C15H20BrFO. The van der Waals surface area contributed by atoms with Crippen molar-refractivity contribution in [2.75, 3.05) is 0 Å². The van der Waals surface area contributed by atoms with E-state index in [1.54, 1.807) is 0 Å². The first-order valence-corrected chi connectivity index (χ1v) is 7.17. The third-order valence-electron chi connectivity index (χ3n) is 3.99. The molecular weight excluding hydrogens is 295 g/mol. The normalized spacial score (nSPS) is 30.7. The maximum absolute atomic E-state index is 13.4. The van der Waals surface area contributed by atoms with Gasteiger partial charge in [-0.2, -0.15) is 0 Å². The fourth-order valence-corrected chi connectivity index (χ4v) is 3.91. The molecule has 1 fully saturated rings. The van der Waals surface area contributed by atoms with Crippen LogP contribution >= 0.6 is 15.9 Å². The van der Waals surface area contributed by atoms with Gasteiger partial charge in [0.05, 0.1) is 5.60 Å². The molecule has 1 aliphatic rings. The number of hydrogen-bond acceptors (Lipinski definition) is 1. The first-order chi connectivity index (χ1) is 8.20. The summed E-state index contributed by atoms with van der Waals surface area (Å²) in [5.74, 6) is -0.0116. The molecule has 0 amide bonds. The number of hydrogen-bond donors (Lipinski definition) is 1. The van der Waals surface area contributed by atoms with E-state index in [0.29, 0.717) is 6.42 Å². The molecule has 18 heavy (non-hydrogen) atoms. The van der Waals surface area contributed by atoms with Crippen molar-refractivity contribution < 1.29 is 9.50 Å². The summed E-state index contributed by atoms with van der Waals surface area (Å²) in [7, 11) is 0. The molecule has 2 unspecified atom stereocenters. The summed E-state index contributed by atoms with van der Waals surface area (Å²) in [6, 6.07) is 4.84. The lowest BCUT2D eigenvalue weighted by atomic mass is 9.84. The van der Waals surface area contributed by atoms with Gasteiger partial charge in [-0.3, -0.25) is 0 Å². The van der Waals surface area contributed by atoms with E-state index in [4.69, 9.17) is 0 Å². The van der Waals surface area contributed by atoms with Crippen molar-refractivity contribution in [2.45, 2.75) is 45.6 Å². The van der Waals surface area contributed by atoms with E-state index in [9.17, 15) is 9.50 Å². The summed E-state index contributed by atoms with van der Waals surface area (Å²) in [5, 5.41) is 10.8. The summed E-state index contributed by atoms with van der Waals surface area (Å²) >= 11 is 3.30. The summed E-state index contributed by atoms with van der Waals surface area (Å²) in [4.78, 5) is 0. The van der Waals surface area contributed by atoms with Gasteiger partial charge in [-0.25, -0.2) is 4.39 Å². The van der Waals surface area contributed by atoms with Crippen molar-refractivity contribution in [1.82, 2.24) is 0 Å². The van der Waals surface area contributed by atoms with Crippen molar-refractivity contribution in [3.05, 3.63) is 34.1 Å². The second kappa shape index (κ2) is 4.61. The fraction of sp³-hybridized carbons (Fsp3) is 0.600. The van der Waals surface area contributed by atoms with Crippen LogP contribution in [-0.4, -0.2) is 10.7 Å². The highest BCUT2D eigenvalue weighted by molar-refractivity contribution is 9.10. The molecule has 0 aromatic heterocycles. The van der Waals surface area contributed by atoms with Crippen LogP contribution in [0.25, 0.3) is 0 Å². The first kappa shape index (κ1) is 14.0. The van der Waals surface area contributed by atoms with E-state index < -0.39 is 5.60 Å². The number of rotatable bonds is 2. The van der Waals surface area contributed by atoms with Gasteiger partial charge in [-0.1, -0.05) is 36.7 Å². The van der Waals surface area contributed by atoms with Crippen LogP contribution in [0.1, 0.15) is 39.2 Å². The molecule has 1 aliphatic carbocycles. The highest BCUT2D eigenvalue weighted by Gasteiger charge is 2.47. The van der Waals surface area contributed by atoms with Crippen LogP contribution in [-0.2, 0) is 6.42 Å². The Kier molecular flexibility index (Phi) is 3.58. The van der Waals surface area contributed by atoms with Gasteiger partial charge in [0, 0.05) is 10.9 Å². The Labute approximate surface area is 117 Å². The van der Waals surface area contributed by atoms with Gasteiger partial charge in [0.2, 0.25) is 0 Å². The summed E-state index contributed by atoms with van der Waals surface area (Å²) < 4.78 is 14.1. The van der Waals surface area contributed by atoms with Gasteiger partial charge in [0.25, 0.3) is 0 Å². The molecule has 1 aromatic carbocycles. The molecule has 1 saturated carbocycles. The predicted octanol–water partition coefficient (Wildman–Crippen LogP) is 4.32. The van der Waals surface area contributed by atoms with Gasteiger partial charge >= 0.3 is 0 Å². The fourth-order valence-electron chi connectivity index (χ4n) is 3.40. The minimum Gasteiger partial charge on any atom is -0.389 e. The summed E-state index contributed by atoms with van der Waals surface area (Å²) in [6.45, 7) is 6.45. The first-order valence-electron chi connectivity index (χ1n) is 6.38. The Balaban J connectivity index is 2.23. The Bertz CT molecular complexity index is 438. The molecule has 0 bridgehead atoms. The van der Waals surface area contributed by atoms with Crippen LogP contribution in [0.2, 0.25) is 0 Å². The van der Waals surface area contributed by atoms with Crippen LogP contribution in [0, 0.1) is 17.2 Å². The Morgan fingerprint density at radius 3 is 2.56 bits per heavy atom. The smallest absolute Gasteiger partial charge is 0.124 e. The molecule has 1 aromatic rings. The van der Waals surface area contributed by atoms with Gasteiger partial charge in [0.1, 0.15) is 5.82 Å². The lowest BCUT2D eigenvalue weighted by Crippen LogP contribution is -2.34. The zero-order valence-corrected chi connectivity index (χ0v) is 12.7. The SMILES string of the molecule is CC1CC(C)(C)CC1(O)Cc1cc(F)cc(Br)c1. The van der Waals surface area contributed by atoms with Crippen molar-refractivity contribution in [3.8, 4) is 0 Å². The van der Waals surface area contributed by atoms with Gasteiger partial charge in [-0.05, 0) is 47.9 Å². The van der Waals surface area contributed by atoms with Gasteiger partial charge in [0.15, 0.2) is 0 Å². The predicted molar refractivity (Wildman–Crippen MR) is 74.9 cm³/mol. The highest BCUT2D eigenvalue weighted by atomic mass is 79.9. The molecule has 0 heterocycles. The standard InChI is InChI=1S/C15H20BrFO/c1-10-7-14(2,3)9-15(10,18)8-11-4-12(16)6-13(17)5-11/h4-6,10,18H,7-9H2,1-3H3. The molecule has 0 radical (unpaired) electrons. The maximum atomic E-state index is 13.4. The molecule has 2 rings (SSSR count). The van der Waals surface area contributed by atoms with Crippen molar-refractivity contribution in [2.24, 2.45) is 11.3 Å². The van der Waals surface area contributed by atoms with Crippen LogP contribution in [0.15, 0.2) is 22.7 Å². The van der Waals surface area contributed by atoms with E-state index in [-0.39, 0.29) is 17.2 Å². The molecule has 2 atom stereocenters. The van der Waals surface area contributed by atoms with Gasteiger partial charge in [-0.15, -0.1) is 0 Å². The summed E-state index contributed by atoms with van der Waals surface area (Å²) in [5.41, 5.74) is 0.309. The second-order valence-corrected chi connectivity index (χ2v) is 7.42. The van der Waals surface area contributed by atoms with Crippen molar-refractivity contribution in [1.29, 1.82) is 0 Å². The Morgan fingerprint density at radius 2 is 2.06 bits per heavy atom. The third-order valence-corrected chi connectivity index (χ3v) is 4.45. The zero-order chi connectivity index (χ0) is 13.6. The second-order valence-electron chi connectivity index (χ2n) is 6.50. The highest BCUT2D eigenvalue weighted by Crippen LogP contribution is 2.48. The topological polar surface area (TPSA) is 20.2 Å². The van der Waals surface area contributed by atoms with Crippen molar-refractivity contribution >= 4 is 15.9 Å². The average Bonchev–Trinajstić information content (AvgIpc) is 2.31. The van der Waals surface area contributed by atoms with E-state index in [0.717, 1.165) is 22.9 Å². The number of aliphatic hydroxyl groups is 1. The van der Waals surface area contributed by atoms with E-state index in [1.807, 2.05) is 6.07 Å². The molecule has 1 N–H and O–H groups in total. The zero-order valence-electron chi connectivity index (χ0n) is 11.1. The molecule has 1 nitrogen and oxygen atoms in total. The van der Waals surface area contributed by atoms with E-state index >= 15 is 0 Å². The monoisotopic (exact) mass is 314 g/mol. The molecule has 3 heteroatoms. The van der Waals surface area contributed by atoms with Gasteiger partial charge < -0.3 is 5.11 Å². The molecule has 0 spiro atoms. The van der Waals surface area contributed by atoms with Crippen LogP contribution in [0.3, 0.4) is 0 Å². The Morgan fingerprint density at radius 1 is 1.39 bits per heavy atom.